The Bertz CT molecular complexity index is 615. The number of Topliss-reactive ketones (excluding diaryl/α,β-unsaturated/α-hetero) is 1. The average Bonchev–Trinajstić information content (AvgIpc) is 3.25. The highest BCUT2D eigenvalue weighted by Gasteiger charge is 2.38. The number of carbonyl (C=O) groups excluding carboxylic acids is 3. The van der Waals surface area contributed by atoms with E-state index in [4.69, 9.17) is 4.74 Å². The number of likely N-dealkylation sites (tertiary alicyclic amines) is 1. The van der Waals surface area contributed by atoms with Crippen LogP contribution in [0.5, 0.6) is 0 Å². The van der Waals surface area contributed by atoms with Crippen LogP contribution in [0.15, 0.2) is 0 Å². The first-order chi connectivity index (χ1) is 14.6. The van der Waals surface area contributed by atoms with Gasteiger partial charge in [0.15, 0.2) is 0 Å². The van der Waals surface area contributed by atoms with Crippen LogP contribution < -0.4 is 0 Å². The van der Waals surface area contributed by atoms with Gasteiger partial charge in [0.05, 0.1) is 6.10 Å². The van der Waals surface area contributed by atoms with Gasteiger partial charge in [0.25, 0.3) is 0 Å². The Hall–Kier alpha value is -1.47. The van der Waals surface area contributed by atoms with Gasteiger partial charge >= 0.3 is 5.97 Å². The summed E-state index contributed by atoms with van der Waals surface area (Å²) >= 11 is 0. The fourth-order valence-electron chi connectivity index (χ4n) is 4.63. The second-order valence-electron chi connectivity index (χ2n) is 9.96. The van der Waals surface area contributed by atoms with Crippen LogP contribution in [0.3, 0.4) is 0 Å². The molecule has 0 spiro atoms. The molecule has 31 heavy (non-hydrogen) atoms. The van der Waals surface area contributed by atoms with Crippen LogP contribution in [0.2, 0.25) is 0 Å². The molecule has 0 aromatic heterocycles. The first kappa shape index (κ1) is 25.8. The van der Waals surface area contributed by atoms with Gasteiger partial charge in [-0.05, 0) is 64.8 Å². The maximum absolute atomic E-state index is 12.8. The number of cyclic esters (lactones) is 1. The Kier molecular flexibility index (Phi) is 9.94. The topological polar surface area (TPSA) is 87.1 Å². The molecule has 0 aromatic carbocycles. The Balaban J connectivity index is 2.17. The largest absolute Gasteiger partial charge is 0.463 e. The molecule has 2 heterocycles. The summed E-state index contributed by atoms with van der Waals surface area (Å²) in [5.74, 6) is -0.318. The van der Waals surface area contributed by atoms with Crippen LogP contribution in [0, 0.1) is 11.3 Å². The van der Waals surface area contributed by atoms with Crippen molar-refractivity contribution in [1.82, 2.24) is 9.80 Å². The van der Waals surface area contributed by atoms with E-state index in [2.05, 4.69) is 18.7 Å². The van der Waals surface area contributed by atoms with E-state index in [9.17, 15) is 19.5 Å². The third-order valence-corrected chi connectivity index (χ3v) is 6.72. The summed E-state index contributed by atoms with van der Waals surface area (Å²) in [6, 6.07) is -0.0818. The Morgan fingerprint density at radius 1 is 1.23 bits per heavy atom. The molecule has 7 heteroatoms. The highest BCUT2D eigenvalue weighted by Crippen LogP contribution is 2.25. The van der Waals surface area contributed by atoms with Gasteiger partial charge in [-0.25, -0.2) is 0 Å². The van der Waals surface area contributed by atoms with Crippen molar-refractivity contribution in [3.05, 3.63) is 0 Å². The number of ketones is 1. The summed E-state index contributed by atoms with van der Waals surface area (Å²) in [6.45, 7) is 10.9. The number of aliphatic hydroxyl groups excluding tert-OH is 1. The molecular weight excluding hydrogens is 396 g/mol. The molecule has 0 radical (unpaired) electrons. The number of hydrogen-bond acceptors (Lipinski definition) is 6. The van der Waals surface area contributed by atoms with Crippen molar-refractivity contribution in [2.24, 2.45) is 11.3 Å². The van der Waals surface area contributed by atoms with Gasteiger partial charge in [-0.3, -0.25) is 19.3 Å². The number of carbonyl (C=O) groups is 3. The molecule has 1 N–H and O–H groups in total. The molecule has 3 atom stereocenters. The minimum Gasteiger partial charge on any atom is -0.463 e. The lowest BCUT2D eigenvalue weighted by molar-refractivity contribution is -0.160. The van der Waals surface area contributed by atoms with Crippen molar-refractivity contribution < 1.29 is 24.2 Å². The molecule has 0 aliphatic carbocycles. The van der Waals surface area contributed by atoms with Crippen molar-refractivity contribution >= 4 is 17.7 Å². The van der Waals surface area contributed by atoms with Crippen LogP contribution in [-0.2, 0) is 19.1 Å². The Labute approximate surface area is 187 Å². The van der Waals surface area contributed by atoms with Gasteiger partial charge in [0, 0.05) is 38.5 Å². The number of aliphatic hydroxyl groups is 1. The molecule has 7 nitrogen and oxygen atoms in total. The zero-order valence-corrected chi connectivity index (χ0v) is 19.9. The zero-order chi connectivity index (χ0) is 23.0. The first-order valence-electron chi connectivity index (χ1n) is 12.1. The number of esters is 1. The predicted octanol–water partition coefficient (Wildman–Crippen LogP) is 2.79. The maximum Gasteiger partial charge on any atom is 0.319 e. The summed E-state index contributed by atoms with van der Waals surface area (Å²) < 4.78 is 5.66. The van der Waals surface area contributed by atoms with Gasteiger partial charge in [-0.1, -0.05) is 13.8 Å². The SMILES string of the molecule is CCCN1C[C@H](C)C[C@@H](O)CCC(=O)C(C)(C)C(=O)OC[C@H]1CCC(=O)N1CCCC1. The van der Waals surface area contributed by atoms with Crippen molar-refractivity contribution in [2.75, 3.05) is 32.8 Å². The van der Waals surface area contributed by atoms with E-state index in [0.29, 0.717) is 25.7 Å². The molecule has 2 saturated heterocycles. The molecule has 2 fully saturated rings. The number of amides is 1. The molecule has 2 aliphatic heterocycles. The standard InChI is InChI=1S/C24H42N2O5/c1-5-12-26-16-18(2)15-20(27)9-10-21(28)24(3,4)23(30)31-17-19(26)8-11-22(29)25-13-6-7-14-25/h18-20,27H,5-17H2,1-4H3/t18-,19-,20+/m1/s1. The predicted molar refractivity (Wildman–Crippen MR) is 119 cm³/mol. The van der Waals surface area contributed by atoms with Crippen LogP contribution in [-0.4, -0.2) is 77.5 Å². The fraction of sp³-hybridized carbons (Fsp3) is 0.875. The van der Waals surface area contributed by atoms with Crippen molar-refractivity contribution in [2.45, 2.75) is 91.2 Å². The Morgan fingerprint density at radius 3 is 2.55 bits per heavy atom. The summed E-state index contributed by atoms with van der Waals surface area (Å²) in [7, 11) is 0. The van der Waals surface area contributed by atoms with E-state index in [1.807, 2.05) is 4.90 Å². The van der Waals surface area contributed by atoms with Crippen molar-refractivity contribution in [3.8, 4) is 0 Å². The molecular formula is C24H42N2O5. The van der Waals surface area contributed by atoms with E-state index in [1.165, 1.54) is 0 Å². The van der Waals surface area contributed by atoms with Gasteiger partial charge in [-0.15, -0.1) is 0 Å². The van der Waals surface area contributed by atoms with Crippen molar-refractivity contribution in [1.29, 1.82) is 0 Å². The average molecular weight is 439 g/mol. The van der Waals surface area contributed by atoms with Crippen LogP contribution in [0.25, 0.3) is 0 Å². The van der Waals surface area contributed by atoms with Gasteiger partial charge in [-0.2, -0.15) is 0 Å². The van der Waals surface area contributed by atoms with Crippen LogP contribution in [0.1, 0.15) is 79.1 Å². The number of ether oxygens (including phenoxy) is 1. The summed E-state index contributed by atoms with van der Waals surface area (Å²) in [6.07, 6.45) is 4.71. The van der Waals surface area contributed by atoms with Gasteiger partial charge < -0.3 is 14.7 Å². The number of nitrogens with zero attached hydrogens (tertiary/aromatic N) is 2. The zero-order valence-electron chi connectivity index (χ0n) is 19.9. The highest BCUT2D eigenvalue weighted by molar-refractivity contribution is 6.02. The number of hydrogen-bond donors (Lipinski definition) is 1. The second kappa shape index (κ2) is 12.0. The molecule has 0 aromatic rings. The summed E-state index contributed by atoms with van der Waals surface area (Å²) in [5, 5.41) is 10.4. The van der Waals surface area contributed by atoms with Gasteiger partial charge in [0.1, 0.15) is 17.8 Å². The molecule has 2 aliphatic rings. The van der Waals surface area contributed by atoms with E-state index in [1.54, 1.807) is 13.8 Å². The van der Waals surface area contributed by atoms with E-state index in [0.717, 1.165) is 45.4 Å². The molecule has 0 unspecified atom stereocenters. The minimum atomic E-state index is -1.23. The van der Waals surface area contributed by atoms with E-state index >= 15 is 0 Å². The van der Waals surface area contributed by atoms with E-state index < -0.39 is 17.5 Å². The molecule has 2 rings (SSSR count). The van der Waals surface area contributed by atoms with Crippen LogP contribution >= 0.6 is 0 Å². The monoisotopic (exact) mass is 438 g/mol. The molecule has 178 valence electrons. The van der Waals surface area contributed by atoms with E-state index in [-0.39, 0.29) is 36.7 Å². The molecule has 0 bridgehead atoms. The lowest BCUT2D eigenvalue weighted by atomic mass is 9.85. The quantitative estimate of drug-likeness (QED) is 0.525. The first-order valence-corrected chi connectivity index (χ1v) is 12.1. The fourth-order valence-corrected chi connectivity index (χ4v) is 4.63. The Morgan fingerprint density at radius 2 is 1.90 bits per heavy atom. The highest BCUT2D eigenvalue weighted by atomic mass is 16.5. The second-order valence-corrected chi connectivity index (χ2v) is 9.96. The molecule has 0 saturated carbocycles. The lowest BCUT2D eigenvalue weighted by Crippen LogP contribution is -2.44. The maximum atomic E-state index is 12.8. The minimum absolute atomic E-state index is 0.0818. The lowest BCUT2D eigenvalue weighted by Gasteiger charge is -2.34. The normalized spacial score (nSPS) is 29.1. The van der Waals surface area contributed by atoms with Crippen molar-refractivity contribution in [3.63, 3.8) is 0 Å². The molecule has 1 amide bonds. The third kappa shape index (κ3) is 7.56. The summed E-state index contributed by atoms with van der Waals surface area (Å²) in [5.41, 5.74) is -1.23. The smallest absolute Gasteiger partial charge is 0.319 e. The summed E-state index contributed by atoms with van der Waals surface area (Å²) in [4.78, 5) is 42.2. The number of rotatable bonds is 5. The van der Waals surface area contributed by atoms with Gasteiger partial charge in [0.2, 0.25) is 5.91 Å². The van der Waals surface area contributed by atoms with Crippen LogP contribution in [0.4, 0.5) is 0 Å². The third-order valence-electron chi connectivity index (χ3n) is 6.72.